The lowest BCUT2D eigenvalue weighted by Gasteiger charge is -2.27. The van der Waals surface area contributed by atoms with E-state index in [2.05, 4.69) is 9.72 Å². The SMILES string of the molecule is CC(C)(C)OC(=O)N1C(=O)OC(c2cccc(F)n2)C1Cc1cccc(OC(F)(F)C(F)F)c1. The Morgan fingerprint density at radius 1 is 1.18 bits per heavy atom. The Morgan fingerprint density at radius 2 is 1.85 bits per heavy atom. The third-order valence-electron chi connectivity index (χ3n) is 4.58. The number of cyclic esters (lactones) is 1. The molecule has 1 aliphatic heterocycles. The molecule has 0 spiro atoms. The number of alkyl halides is 4. The highest BCUT2D eigenvalue weighted by Crippen LogP contribution is 2.36. The molecule has 1 saturated heterocycles. The van der Waals surface area contributed by atoms with E-state index in [1.165, 1.54) is 24.3 Å². The molecule has 2 unspecified atom stereocenters. The number of halogens is 5. The molecule has 2 aromatic rings. The van der Waals surface area contributed by atoms with Crippen molar-refractivity contribution >= 4 is 12.2 Å². The Balaban J connectivity index is 1.95. The molecule has 1 aromatic carbocycles. The lowest BCUT2D eigenvalue weighted by molar-refractivity contribution is -0.253. The normalized spacial score (nSPS) is 18.7. The van der Waals surface area contributed by atoms with Crippen LogP contribution in [0, 0.1) is 5.95 Å². The number of carbonyl (C=O) groups excluding carboxylic acids is 2. The maximum absolute atomic E-state index is 13.7. The molecule has 2 amide bonds. The number of pyridine rings is 1. The monoisotopic (exact) mass is 488 g/mol. The summed E-state index contributed by atoms with van der Waals surface area (Å²) < 4.78 is 80.0. The van der Waals surface area contributed by atoms with Crippen LogP contribution in [0.25, 0.3) is 0 Å². The predicted octanol–water partition coefficient (Wildman–Crippen LogP) is 5.50. The summed E-state index contributed by atoms with van der Waals surface area (Å²) in [5.41, 5.74) is -0.729. The molecular weight excluding hydrogens is 467 g/mol. The predicted molar refractivity (Wildman–Crippen MR) is 107 cm³/mol. The van der Waals surface area contributed by atoms with Crippen molar-refractivity contribution in [2.24, 2.45) is 0 Å². The van der Waals surface area contributed by atoms with E-state index < -0.39 is 54.2 Å². The number of rotatable bonds is 6. The van der Waals surface area contributed by atoms with Crippen molar-refractivity contribution in [1.82, 2.24) is 9.88 Å². The maximum atomic E-state index is 13.7. The number of aromatic nitrogens is 1. The molecule has 2 heterocycles. The van der Waals surface area contributed by atoms with Gasteiger partial charge in [0.1, 0.15) is 11.4 Å². The van der Waals surface area contributed by atoms with E-state index in [0.29, 0.717) is 4.90 Å². The van der Waals surface area contributed by atoms with E-state index in [-0.39, 0.29) is 17.7 Å². The fourth-order valence-electron chi connectivity index (χ4n) is 3.25. The molecule has 12 heteroatoms. The molecule has 0 saturated carbocycles. The molecule has 0 aliphatic carbocycles. The first-order chi connectivity index (χ1) is 15.8. The van der Waals surface area contributed by atoms with Gasteiger partial charge in [-0.3, -0.25) is 0 Å². The molecule has 3 rings (SSSR count). The molecule has 34 heavy (non-hydrogen) atoms. The summed E-state index contributed by atoms with van der Waals surface area (Å²) in [5, 5.41) is 0. The summed E-state index contributed by atoms with van der Waals surface area (Å²) in [5.74, 6) is -1.41. The average Bonchev–Trinajstić information content (AvgIpc) is 3.02. The third kappa shape index (κ3) is 5.91. The smallest absolute Gasteiger partial charge is 0.443 e. The fourth-order valence-corrected chi connectivity index (χ4v) is 3.25. The van der Waals surface area contributed by atoms with Crippen LogP contribution in [-0.4, -0.2) is 46.2 Å². The quantitative estimate of drug-likeness (QED) is 0.395. The molecule has 7 nitrogen and oxygen atoms in total. The number of ether oxygens (including phenoxy) is 3. The van der Waals surface area contributed by atoms with E-state index in [9.17, 15) is 31.5 Å². The average molecular weight is 488 g/mol. The fraction of sp³-hybridized carbons (Fsp3) is 0.409. The van der Waals surface area contributed by atoms with Crippen molar-refractivity contribution in [3.05, 3.63) is 59.7 Å². The first-order valence-electron chi connectivity index (χ1n) is 10.1. The molecule has 1 aromatic heterocycles. The van der Waals surface area contributed by atoms with Crippen LogP contribution >= 0.6 is 0 Å². The zero-order chi connectivity index (χ0) is 25.3. The zero-order valence-electron chi connectivity index (χ0n) is 18.3. The second-order valence-corrected chi connectivity index (χ2v) is 8.42. The van der Waals surface area contributed by atoms with E-state index in [1.807, 2.05) is 0 Å². The van der Waals surface area contributed by atoms with Gasteiger partial charge < -0.3 is 14.2 Å². The first-order valence-corrected chi connectivity index (χ1v) is 10.1. The molecule has 184 valence electrons. The summed E-state index contributed by atoms with van der Waals surface area (Å²) >= 11 is 0. The van der Waals surface area contributed by atoms with Crippen molar-refractivity contribution < 1.29 is 45.8 Å². The Bertz CT molecular complexity index is 1060. The minimum atomic E-state index is -4.72. The lowest BCUT2D eigenvalue weighted by atomic mass is 9.98. The number of benzene rings is 1. The van der Waals surface area contributed by atoms with Gasteiger partial charge in [-0.2, -0.15) is 22.0 Å². The molecule has 2 atom stereocenters. The molecule has 1 aliphatic rings. The number of amides is 2. The van der Waals surface area contributed by atoms with E-state index in [1.54, 1.807) is 20.8 Å². The van der Waals surface area contributed by atoms with Gasteiger partial charge in [0, 0.05) is 0 Å². The number of imide groups is 1. The Kier molecular flexibility index (Phi) is 6.99. The highest BCUT2D eigenvalue weighted by atomic mass is 19.3. The Hall–Kier alpha value is -3.44. The number of nitrogens with zero attached hydrogens (tertiary/aromatic N) is 2. The van der Waals surface area contributed by atoms with Crippen molar-refractivity contribution in [1.29, 1.82) is 0 Å². The highest BCUT2D eigenvalue weighted by molar-refractivity contribution is 5.90. The second kappa shape index (κ2) is 9.43. The third-order valence-corrected chi connectivity index (χ3v) is 4.58. The van der Waals surface area contributed by atoms with Crippen molar-refractivity contribution in [2.75, 3.05) is 0 Å². The van der Waals surface area contributed by atoms with Gasteiger partial charge in [-0.15, -0.1) is 0 Å². The minimum Gasteiger partial charge on any atom is -0.443 e. The first kappa shape index (κ1) is 25.2. The zero-order valence-corrected chi connectivity index (χ0v) is 18.3. The molecule has 1 fully saturated rings. The summed E-state index contributed by atoms with van der Waals surface area (Å²) in [4.78, 5) is 29.7. The van der Waals surface area contributed by atoms with Crippen LogP contribution < -0.4 is 4.74 Å². The second-order valence-electron chi connectivity index (χ2n) is 8.42. The molecule has 0 radical (unpaired) electrons. The Labute approximate surface area is 191 Å². The van der Waals surface area contributed by atoms with E-state index in [0.717, 1.165) is 18.2 Å². The Morgan fingerprint density at radius 3 is 2.47 bits per heavy atom. The van der Waals surface area contributed by atoms with Crippen molar-refractivity contribution in [2.45, 2.75) is 57.5 Å². The van der Waals surface area contributed by atoms with Crippen LogP contribution in [0.3, 0.4) is 0 Å². The van der Waals surface area contributed by atoms with Gasteiger partial charge in [0.25, 0.3) is 0 Å². The van der Waals surface area contributed by atoms with Gasteiger partial charge in [-0.1, -0.05) is 18.2 Å². The van der Waals surface area contributed by atoms with Crippen LogP contribution in [0.2, 0.25) is 0 Å². The van der Waals surface area contributed by atoms with Gasteiger partial charge in [0.15, 0.2) is 6.10 Å². The molecule has 0 N–H and O–H groups in total. The standard InChI is InChI=1S/C22H21F5N2O5/c1-21(2,3)34-20(31)29-15(17(32-19(29)30)14-8-5-9-16(23)28-14)11-12-6-4-7-13(10-12)33-22(26,27)18(24)25/h4-10,15,17-18H,11H2,1-3H3. The van der Waals surface area contributed by atoms with Crippen LogP contribution in [0.5, 0.6) is 5.75 Å². The van der Waals surface area contributed by atoms with Crippen molar-refractivity contribution in [3.63, 3.8) is 0 Å². The van der Waals surface area contributed by atoms with Gasteiger partial charge in [-0.05, 0) is 57.0 Å². The van der Waals surface area contributed by atoms with Crippen LogP contribution in [0.4, 0.5) is 31.5 Å². The molecular formula is C22H21F5N2O5. The van der Waals surface area contributed by atoms with E-state index in [4.69, 9.17) is 9.47 Å². The minimum absolute atomic E-state index is 0.000969. The van der Waals surface area contributed by atoms with Gasteiger partial charge >= 0.3 is 24.7 Å². The maximum Gasteiger partial charge on any atom is 0.461 e. The van der Waals surface area contributed by atoms with Crippen LogP contribution in [0.15, 0.2) is 42.5 Å². The topological polar surface area (TPSA) is 78.0 Å². The highest BCUT2D eigenvalue weighted by Gasteiger charge is 2.48. The van der Waals surface area contributed by atoms with E-state index >= 15 is 0 Å². The number of hydrogen-bond donors (Lipinski definition) is 0. The summed E-state index contributed by atoms with van der Waals surface area (Å²) in [6.45, 7) is 4.74. The summed E-state index contributed by atoms with van der Waals surface area (Å²) in [7, 11) is 0. The van der Waals surface area contributed by atoms with Gasteiger partial charge in [0.05, 0.1) is 11.7 Å². The van der Waals surface area contributed by atoms with Crippen LogP contribution in [0.1, 0.15) is 38.1 Å². The summed E-state index contributed by atoms with van der Waals surface area (Å²) in [6.07, 6.45) is -12.3. The van der Waals surface area contributed by atoms with Gasteiger partial charge in [0.2, 0.25) is 5.95 Å². The van der Waals surface area contributed by atoms with Crippen molar-refractivity contribution in [3.8, 4) is 5.75 Å². The number of carbonyl (C=O) groups is 2. The van der Waals surface area contributed by atoms with Gasteiger partial charge in [-0.25, -0.2) is 19.5 Å². The van der Waals surface area contributed by atoms with Crippen LogP contribution in [-0.2, 0) is 15.9 Å². The summed E-state index contributed by atoms with van der Waals surface area (Å²) in [6, 6.07) is 7.49. The molecule has 0 bridgehead atoms. The largest absolute Gasteiger partial charge is 0.461 e. The number of hydrogen-bond acceptors (Lipinski definition) is 6. The lowest BCUT2D eigenvalue weighted by Crippen LogP contribution is -2.43.